The number of rotatable bonds is 7. The van der Waals surface area contributed by atoms with Crippen LogP contribution in [0, 0.1) is 37.0 Å². The third-order valence-electron chi connectivity index (χ3n) is 6.03. The standard InChI is InChI=1S/C14H26.C9H12.Zr/c1-3-13(2)9-5-4-6-10-14-11-7-8-12-14;1-2-5-9-7-3-6-8(9)4-1;/h5,13-14H,2-4,6-12H2,1H3;1-2,4-5,8-9H,3,6-7H2;/q-2;;+4. The summed E-state index contributed by atoms with van der Waals surface area (Å²) < 4.78 is 0. The molecule has 24 heavy (non-hydrogen) atoms. The fourth-order valence-corrected chi connectivity index (χ4v) is 4.28. The Labute approximate surface area is 171 Å². The fourth-order valence-electron chi connectivity index (χ4n) is 4.28. The monoisotopic (exact) mass is 404 g/mol. The normalized spacial score (nSPS) is 26.4. The van der Waals surface area contributed by atoms with Gasteiger partial charge in [0.05, 0.1) is 0 Å². The van der Waals surface area contributed by atoms with Gasteiger partial charge in [-0.25, -0.2) is 6.42 Å². The van der Waals surface area contributed by atoms with Crippen LogP contribution in [0.15, 0.2) is 24.3 Å². The quantitative estimate of drug-likeness (QED) is 0.307. The maximum absolute atomic E-state index is 4.10. The second kappa shape index (κ2) is 13.6. The second-order valence-corrected chi connectivity index (χ2v) is 7.91. The Morgan fingerprint density at radius 3 is 2.21 bits per heavy atom. The van der Waals surface area contributed by atoms with Crippen molar-refractivity contribution in [2.24, 2.45) is 23.7 Å². The molecule has 2 saturated carbocycles. The molecule has 0 heterocycles. The molecule has 0 spiro atoms. The maximum Gasteiger partial charge on any atom is 4.00 e. The van der Waals surface area contributed by atoms with Crippen molar-refractivity contribution in [3.8, 4) is 0 Å². The average molecular weight is 406 g/mol. The predicted molar refractivity (Wildman–Crippen MR) is 103 cm³/mol. The molecule has 3 rings (SSSR count). The molecule has 0 N–H and O–H groups in total. The molecule has 0 aliphatic heterocycles. The Hall–Kier alpha value is 0.363. The Bertz CT molecular complexity index is 333. The molecule has 0 aromatic heterocycles. The molecule has 0 aromatic rings. The maximum atomic E-state index is 4.10. The number of hydrogen-bond donors (Lipinski definition) is 0. The molecule has 3 atom stereocenters. The molecular weight excluding hydrogens is 367 g/mol. The van der Waals surface area contributed by atoms with Gasteiger partial charge >= 0.3 is 26.2 Å². The zero-order valence-corrected chi connectivity index (χ0v) is 18.3. The minimum absolute atomic E-state index is 0. The van der Waals surface area contributed by atoms with Crippen molar-refractivity contribution in [3.63, 3.8) is 0 Å². The molecule has 0 amide bonds. The molecule has 0 aromatic carbocycles. The van der Waals surface area contributed by atoms with Crippen LogP contribution >= 0.6 is 0 Å². The topological polar surface area (TPSA) is 0 Å². The smallest absolute Gasteiger partial charge is 0.343 e. The molecule has 3 aliphatic carbocycles. The van der Waals surface area contributed by atoms with Gasteiger partial charge in [-0.05, 0) is 30.6 Å². The molecule has 3 aliphatic rings. The van der Waals surface area contributed by atoms with E-state index < -0.39 is 0 Å². The molecule has 1 heteroatoms. The van der Waals surface area contributed by atoms with Gasteiger partial charge < -0.3 is 13.3 Å². The Morgan fingerprint density at radius 2 is 1.62 bits per heavy atom. The Balaban J connectivity index is 0.000000248. The van der Waals surface area contributed by atoms with E-state index in [2.05, 4.69) is 44.6 Å². The van der Waals surface area contributed by atoms with Gasteiger partial charge in [0.15, 0.2) is 0 Å². The van der Waals surface area contributed by atoms with Gasteiger partial charge in [-0.2, -0.15) is 12.3 Å². The van der Waals surface area contributed by atoms with Crippen LogP contribution in [0.5, 0.6) is 0 Å². The number of fused-ring (bicyclic) bond motifs is 1. The van der Waals surface area contributed by atoms with E-state index in [9.17, 15) is 0 Å². The van der Waals surface area contributed by atoms with E-state index in [-0.39, 0.29) is 26.2 Å². The summed E-state index contributed by atoms with van der Waals surface area (Å²) in [5.41, 5.74) is 0. The van der Waals surface area contributed by atoms with Crippen molar-refractivity contribution in [2.75, 3.05) is 0 Å². The van der Waals surface area contributed by atoms with Crippen LogP contribution in [0.4, 0.5) is 0 Å². The first-order chi connectivity index (χ1) is 11.3. The van der Waals surface area contributed by atoms with Crippen LogP contribution in [0.25, 0.3) is 0 Å². The molecule has 0 nitrogen and oxygen atoms in total. The van der Waals surface area contributed by atoms with E-state index in [1.165, 1.54) is 77.0 Å². The van der Waals surface area contributed by atoms with Gasteiger partial charge in [-0.1, -0.05) is 82.6 Å². The van der Waals surface area contributed by atoms with E-state index in [4.69, 9.17) is 0 Å². The molecule has 0 saturated heterocycles. The average Bonchev–Trinajstić information content (AvgIpc) is 3.26. The number of unbranched alkanes of at least 4 members (excludes halogenated alkanes) is 2. The number of allylic oxidation sites excluding steroid dienone is 4. The van der Waals surface area contributed by atoms with Crippen LogP contribution in [0.3, 0.4) is 0 Å². The largest absolute Gasteiger partial charge is 4.00 e. The Morgan fingerprint density at radius 1 is 1.00 bits per heavy atom. The predicted octanol–water partition coefficient (Wildman–Crippen LogP) is 7.33. The van der Waals surface area contributed by atoms with Crippen molar-refractivity contribution in [3.05, 3.63) is 37.6 Å². The summed E-state index contributed by atoms with van der Waals surface area (Å²) in [7, 11) is 0. The van der Waals surface area contributed by atoms with Crippen molar-refractivity contribution >= 4 is 0 Å². The van der Waals surface area contributed by atoms with Gasteiger partial charge in [-0.3, -0.25) is 0 Å². The zero-order chi connectivity index (χ0) is 16.3. The molecule has 3 unspecified atom stereocenters. The summed E-state index contributed by atoms with van der Waals surface area (Å²) in [5.74, 6) is 3.52. The third kappa shape index (κ3) is 8.64. The van der Waals surface area contributed by atoms with Crippen LogP contribution in [0.1, 0.15) is 84.0 Å². The van der Waals surface area contributed by atoms with E-state index in [1.54, 1.807) is 0 Å². The first-order valence-electron chi connectivity index (χ1n) is 10.3. The zero-order valence-electron chi connectivity index (χ0n) is 15.9. The van der Waals surface area contributed by atoms with E-state index >= 15 is 0 Å². The van der Waals surface area contributed by atoms with Gasteiger partial charge in [-0.15, -0.1) is 0 Å². The van der Waals surface area contributed by atoms with Gasteiger partial charge in [0.25, 0.3) is 0 Å². The molecule has 132 valence electrons. The summed E-state index contributed by atoms with van der Waals surface area (Å²) in [5, 5.41) is 0. The minimum Gasteiger partial charge on any atom is -0.343 e. The number of hydrogen-bond acceptors (Lipinski definition) is 0. The summed E-state index contributed by atoms with van der Waals surface area (Å²) in [6.07, 6.45) is 28.5. The second-order valence-electron chi connectivity index (χ2n) is 7.91. The summed E-state index contributed by atoms with van der Waals surface area (Å²) in [6.45, 7) is 6.33. The van der Waals surface area contributed by atoms with Gasteiger partial charge in [0, 0.05) is 0 Å². The van der Waals surface area contributed by atoms with Gasteiger partial charge in [0.2, 0.25) is 0 Å². The third-order valence-corrected chi connectivity index (χ3v) is 6.03. The van der Waals surface area contributed by atoms with Crippen molar-refractivity contribution in [1.29, 1.82) is 0 Å². The first kappa shape index (κ1) is 22.4. The summed E-state index contributed by atoms with van der Waals surface area (Å²) in [6, 6.07) is 0. The van der Waals surface area contributed by atoms with Crippen LogP contribution < -0.4 is 0 Å². The Kier molecular flexibility index (Phi) is 12.7. The van der Waals surface area contributed by atoms with Crippen molar-refractivity contribution < 1.29 is 26.2 Å². The molecule has 2 fully saturated rings. The van der Waals surface area contributed by atoms with Crippen LogP contribution in [-0.4, -0.2) is 0 Å². The van der Waals surface area contributed by atoms with Crippen molar-refractivity contribution in [1.82, 2.24) is 0 Å². The van der Waals surface area contributed by atoms with E-state index in [0.29, 0.717) is 5.92 Å². The fraction of sp³-hybridized carbons (Fsp3) is 0.739. The molecule has 0 bridgehead atoms. The SMILES string of the molecule is C1=CC2CCCC2C=C1.[CH2-]C(CC)C[CH-]CCCC1CCCC1.[Zr+4]. The van der Waals surface area contributed by atoms with E-state index in [0.717, 1.165) is 17.8 Å². The first-order valence-corrected chi connectivity index (χ1v) is 10.3. The molecule has 0 radical (unpaired) electrons. The van der Waals surface area contributed by atoms with Gasteiger partial charge in [0.1, 0.15) is 0 Å². The van der Waals surface area contributed by atoms with Crippen LogP contribution in [-0.2, 0) is 26.2 Å². The van der Waals surface area contributed by atoms with E-state index in [1.807, 2.05) is 0 Å². The van der Waals surface area contributed by atoms with Crippen LogP contribution in [0.2, 0.25) is 0 Å². The minimum atomic E-state index is 0. The van der Waals surface area contributed by atoms with Crippen molar-refractivity contribution in [2.45, 2.75) is 84.0 Å². The molecular formula is C23H38Zr+2. The summed E-state index contributed by atoms with van der Waals surface area (Å²) >= 11 is 0. The summed E-state index contributed by atoms with van der Waals surface area (Å²) in [4.78, 5) is 0.